The molecule has 2 N–H and O–H groups in total. The largest absolute Gasteiger partial charge is 0.319 e. The van der Waals surface area contributed by atoms with Crippen molar-refractivity contribution >= 4 is 22.9 Å². The van der Waals surface area contributed by atoms with Gasteiger partial charge in [0.25, 0.3) is 0 Å². The molecule has 0 spiro atoms. The van der Waals surface area contributed by atoms with Crippen LogP contribution in [0.1, 0.15) is 46.1 Å². The van der Waals surface area contributed by atoms with Gasteiger partial charge in [0.15, 0.2) is 0 Å². The van der Waals surface area contributed by atoms with Crippen molar-refractivity contribution in [2.24, 2.45) is 5.73 Å². The maximum Gasteiger partial charge on any atom is 0.0832 e. The number of thiophene rings is 1. The van der Waals surface area contributed by atoms with E-state index in [0.717, 1.165) is 10.6 Å². The van der Waals surface area contributed by atoms with Gasteiger partial charge in [0.1, 0.15) is 0 Å². The summed E-state index contributed by atoms with van der Waals surface area (Å²) >= 11 is 3.15. The molecule has 0 saturated heterocycles. The predicted molar refractivity (Wildman–Crippen MR) is 69.1 cm³/mol. The molecule has 0 saturated carbocycles. The van der Waals surface area contributed by atoms with Crippen LogP contribution in [0.3, 0.4) is 0 Å². The summed E-state index contributed by atoms with van der Waals surface area (Å²) < 4.78 is 4.01. The van der Waals surface area contributed by atoms with Gasteiger partial charge in [-0.2, -0.15) is 0 Å². The molecule has 86 valence electrons. The Morgan fingerprint density at radius 3 is 2.62 bits per heavy atom. The van der Waals surface area contributed by atoms with E-state index in [4.69, 9.17) is 5.73 Å². The van der Waals surface area contributed by atoms with Gasteiger partial charge in [0.2, 0.25) is 0 Å². The molecule has 2 aromatic rings. The Labute approximate surface area is 103 Å². The Balaban J connectivity index is 2.33. The van der Waals surface area contributed by atoms with Gasteiger partial charge in [-0.3, -0.25) is 0 Å². The quantitative estimate of drug-likeness (QED) is 0.914. The molecular weight excluding hydrogens is 238 g/mol. The molecule has 0 aromatic carbocycles. The molecule has 1 atom stereocenters. The molecular formula is C11H15N3S2. The Morgan fingerprint density at radius 2 is 2.06 bits per heavy atom. The lowest BCUT2D eigenvalue weighted by Gasteiger charge is -2.10. The van der Waals surface area contributed by atoms with Crippen LogP contribution in [0.15, 0.2) is 12.1 Å². The minimum Gasteiger partial charge on any atom is -0.319 e. The third-order valence-corrected chi connectivity index (χ3v) is 4.34. The average molecular weight is 253 g/mol. The number of rotatable bonds is 3. The zero-order chi connectivity index (χ0) is 11.7. The zero-order valence-electron chi connectivity index (χ0n) is 9.60. The van der Waals surface area contributed by atoms with Crippen LogP contribution < -0.4 is 5.73 Å². The van der Waals surface area contributed by atoms with Crippen LogP contribution in [0.5, 0.6) is 0 Å². The molecule has 2 heterocycles. The third-order valence-electron chi connectivity index (χ3n) is 2.44. The van der Waals surface area contributed by atoms with Gasteiger partial charge in [-0.25, -0.2) is 0 Å². The van der Waals surface area contributed by atoms with Gasteiger partial charge in [0, 0.05) is 9.75 Å². The number of aromatic nitrogens is 2. The summed E-state index contributed by atoms with van der Waals surface area (Å²) in [4.78, 5) is 3.57. The maximum absolute atomic E-state index is 6.25. The van der Waals surface area contributed by atoms with Crippen LogP contribution in [-0.2, 0) is 0 Å². The number of aryl methyl sites for hydroxylation is 1. The highest BCUT2D eigenvalue weighted by Crippen LogP contribution is 2.32. The van der Waals surface area contributed by atoms with Crippen LogP contribution in [-0.4, -0.2) is 9.59 Å². The SMILES string of the molecule is Cc1ccc(C(N)c2snnc2C(C)C)s1. The van der Waals surface area contributed by atoms with E-state index in [0.29, 0.717) is 5.92 Å². The Bertz CT molecular complexity index is 473. The van der Waals surface area contributed by atoms with Crippen molar-refractivity contribution in [1.82, 2.24) is 9.59 Å². The smallest absolute Gasteiger partial charge is 0.0832 e. The first-order valence-corrected chi connectivity index (χ1v) is 6.82. The summed E-state index contributed by atoms with van der Waals surface area (Å²) in [6.45, 7) is 6.33. The van der Waals surface area contributed by atoms with Crippen LogP contribution >= 0.6 is 22.9 Å². The summed E-state index contributed by atoms with van der Waals surface area (Å²) in [5.74, 6) is 0.376. The monoisotopic (exact) mass is 253 g/mol. The van der Waals surface area contributed by atoms with E-state index in [-0.39, 0.29) is 6.04 Å². The fourth-order valence-corrected chi connectivity index (χ4v) is 3.36. The first-order valence-electron chi connectivity index (χ1n) is 5.23. The van der Waals surface area contributed by atoms with Crippen molar-refractivity contribution in [2.75, 3.05) is 0 Å². The van der Waals surface area contributed by atoms with Crippen LogP contribution in [0.2, 0.25) is 0 Å². The molecule has 0 radical (unpaired) electrons. The molecule has 2 aromatic heterocycles. The second-order valence-electron chi connectivity index (χ2n) is 4.10. The lowest BCUT2D eigenvalue weighted by Crippen LogP contribution is -2.11. The molecule has 2 rings (SSSR count). The number of hydrogen-bond acceptors (Lipinski definition) is 5. The minimum atomic E-state index is -0.0731. The van der Waals surface area contributed by atoms with E-state index in [2.05, 4.69) is 42.5 Å². The number of hydrogen-bond donors (Lipinski definition) is 1. The highest BCUT2D eigenvalue weighted by Gasteiger charge is 2.20. The maximum atomic E-state index is 6.25. The molecule has 5 heteroatoms. The van der Waals surface area contributed by atoms with Crippen LogP contribution in [0, 0.1) is 6.92 Å². The van der Waals surface area contributed by atoms with E-state index < -0.39 is 0 Å². The summed E-state index contributed by atoms with van der Waals surface area (Å²) in [6, 6.07) is 4.12. The molecule has 0 fully saturated rings. The number of nitrogens with two attached hydrogens (primary N) is 1. The fourth-order valence-electron chi connectivity index (χ4n) is 1.57. The van der Waals surface area contributed by atoms with Crippen molar-refractivity contribution in [3.63, 3.8) is 0 Å². The van der Waals surface area contributed by atoms with Gasteiger partial charge in [-0.1, -0.05) is 18.3 Å². The lowest BCUT2D eigenvalue weighted by molar-refractivity contribution is 0.775. The molecule has 0 aliphatic rings. The molecule has 1 unspecified atom stereocenters. The Morgan fingerprint density at radius 1 is 1.31 bits per heavy atom. The van der Waals surface area contributed by atoms with Crippen molar-refractivity contribution in [3.05, 3.63) is 32.5 Å². The normalized spacial score (nSPS) is 13.3. The van der Waals surface area contributed by atoms with Gasteiger partial charge in [-0.15, -0.1) is 16.4 Å². The molecule has 0 aliphatic heterocycles. The standard InChI is InChI=1S/C11H15N3S2/c1-6(2)10-11(16-14-13-10)9(12)8-5-4-7(3)15-8/h4-6,9H,12H2,1-3H3. The van der Waals surface area contributed by atoms with Gasteiger partial charge in [0.05, 0.1) is 16.6 Å². The average Bonchev–Trinajstić information content (AvgIpc) is 2.84. The second-order valence-corrected chi connectivity index (χ2v) is 6.21. The summed E-state index contributed by atoms with van der Waals surface area (Å²) in [5.41, 5.74) is 7.28. The van der Waals surface area contributed by atoms with Gasteiger partial charge < -0.3 is 5.73 Å². The van der Waals surface area contributed by atoms with E-state index >= 15 is 0 Å². The van der Waals surface area contributed by atoms with Crippen molar-refractivity contribution in [1.29, 1.82) is 0 Å². The minimum absolute atomic E-state index is 0.0731. The Hall–Kier alpha value is -0.780. The molecule has 0 amide bonds. The topological polar surface area (TPSA) is 51.8 Å². The summed E-state index contributed by atoms with van der Waals surface area (Å²) in [6.07, 6.45) is 0. The molecule has 0 bridgehead atoms. The van der Waals surface area contributed by atoms with Crippen molar-refractivity contribution in [2.45, 2.75) is 32.7 Å². The van der Waals surface area contributed by atoms with Crippen LogP contribution in [0.25, 0.3) is 0 Å². The molecule has 3 nitrogen and oxygen atoms in total. The van der Waals surface area contributed by atoms with E-state index in [1.54, 1.807) is 11.3 Å². The van der Waals surface area contributed by atoms with Gasteiger partial charge in [-0.05, 0) is 36.5 Å². The molecule has 0 aliphatic carbocycles. The van der Waals surface area contributed by atoms with E-state index in [1.165, 1.54) is 21.3 Å². The van der Waals surface area contributed by atoms with E-state index in [1.807, 2.05) is 0 Å². The highest BCUT2D eigenvalue weighted by atomic mass is 32.1. The fraction of sp³-hybridized carbons (Fsp3) is 0.455. The zero-order valence-corrected chi connectivity index (χ0v) is 11.2. The highest BCUT2D eigenvalue weighted by molar-refractivity contribution is 7.12. The summed E-state index contributed by atoms with van der Waals surface area (Å²) in [7, 11) is 0. The lowest BCUT2D eigenvalue weighted by atomic mass is 10.1. The van der Waals surface area contributed by atoms with Crippen molar-refractivity contribution < 1.29 is 0 Å². The molecule has 16 heavy (non-hydrogen) atoms. The summed E-state index contributed by atoms with van der Waals surface area (Å²) in [5, 5.41) is 4.16. The second kappa shape index (κ2) is 4.61. The number of nitrogens with zero attached hydrogens (tertiary/aromatic N) is 2. The van der Waals surface area contributed by atoms with E-state index in [9.17, 15) is 0 Å². The van der Waals surface area contributed by atoms with Gasteiger partial charge >= 0.3 is 0 Å². The first kappa shape index (κ1) is 11.7. The Kier molecular flexibility index (Phi) is 3.37. The first-order chi connectivity index (χ1) is 7.59. The third kappa shape index (κ3) is 2.16. The van der Waals surface area contributed by atoms with Crippen molar-refractivity contribution in [3.8, 4) is 0 Å². The predicted octanol–water partition coefficient (Wildman–Crippen LogP) is 3.08. The van der Waals surface area contributed by atoms with Crippen LogP contribution in [0.4, 0.5) is 0 Å².